The Morgan fingerprint density at radius 2 is 1.90 bits per heavy atom. The summed E-state index contributed by atoms with van der Waals surface area (Å²) >= 11 is 0. The summed E-state index contributed by atoms with van der Waals surface area (Å²) in [6, 6.07) is 8.76. The second kappa shape index (κ2) is 9.08. The maximum Gasteiger partial charge on any atom is 0.416 e. The van der Waals surface area contributed by atoms with Crippen LogP contribution in [-0.2, 0) is 17.4 Å². The number of carboxylic acid groups (broad SMARTS) is 1. The lowest BCUT2D eigenvalue weighted by Crippen LogP contribution is -2.46. The quantitative estimate of drug-likeness (QED) is 0.558. The molecular formula is C23H25F3O5. The van der Waals surface area contributed by atoms with E-state index < -0.39 is 23.3 Å². The van der Waals surface area contributed by atoms with Crippen LogP contribution < -0.4 is 14.2 Å². The largest absolute Gasteiger partial charge is 0.493 e. The second-order valence-electron chi connectivity index (χ2n) is 7.55. The number of fused-ring (bicyclic) bond motifs is 1. The molecule has 0 aromatic heterocycles. The molecule has 1 aliphatic rings. The zero-order chi connectivity index (χ0) is 22.6. The fraction of sp³-hybridized carbons (Fsp3) is 0.435. The van der Waals surface area contributed by atoms with Gasteiger partial charge in [0.05, 0.1) is 18.8 Å². The molecule has 0 fully saturated rings. The average molecular weight is 438 g/mol. The maximum atomic E-state index is 12.7. The van der Waals surface area contributed by atoms with Gasteiger partial charge in [-0.15, -0.1) is 0 Å². The van der Waals surface area contributed by atoms with E-state index in [0.29, 0.717) is 55.1 Å². The van der Waals surface area contributed by atoms with Gasteiger partial charge in [-0.25, -0.2) is 4.79 Å². The third-order valence-electron chi connectivity index (χ3n) is 5.42. The van der Waals surface area contributed by atoms with Crippen molar-refractivity contribution in [2.75, 3.05) is 13.2 Å². The van der Waals surface area contributed by atoms with E-state index in [1.807, 2.05) is 12.1 Å². The summed E-state index contributed by atoms with van der Waals surface area (Å²) in [4.78, 5) is 11.6. The van der Waals surface area contributed by atoms with Crippen LogP contribution in [0.25, 0.3) is 0 Å². The van der Waals surface area contributed by atoms with Crippen molar-refractivity contribution in [3.63, 3.8) is 0 Å². The van der Waals surface area contributed by atoms with Gasteiger partial charge in [-0.3, -0.25) is 0 Å². The van der Waals surface area contributed by atoms with E-state index in [9.17, 15) is 23.1 Å². The van der Waals surface area contributed by atoms with Gasteiger partial charge in [0.15, 0.2) is 0 Å². The SMILES string of the molecule is CC[C@]1(C(=O)O)CCc2ccc(OCCCOc3ccc(C(F)(F)F)cc3C)cc2O1. The van der Waals surface area contributed by atoms with E-state index in [1.165, 1.54) is 6.07 Å². The van der Waals surface area contributed by atoms with Crippen molar-refractivity contribution in [1.82, 2.24) is 0 Å². The predicted molar refractivity (Wildman–Crippen MR) is 108 cm³/mol. The lowest BCUT2D eigenvalue weighted by atomic mass is 9.89. The number of halogens is 3. The van der Waals surface area contributed by atoms with E-state index in [1.54, 1.807) is 19.9 Å². The molecule has 0 aliphatic carbocycles. The van der Waals surface area contributed by atoms with Gasteiger partial charge >= 0.3 is 12.1 Å². The van der Waals surface area contributed by atoms with Crippen molar-refractivity contribution in [3.05, 3.63) is 53.1 Å². The molecule has 0 bridgehead atoms. The summed E-state index contributed by atoms with van der Waals surface area (Å²) in [6.45, 7) is 3.97. The van der Waals surface area contributed by atoms with Crippen LogP contribution in [0.1, 0.15) is 42.9 Å². The molecule has 0 unspecified atom stereocenters. The van der Waals surface area contributed by atoms with Crippen LogP contribution in [0.15, 0.2) is 36.4 Å². The summed E-state index contributed by atoms with van der Waals surface area (Å²) in [5.41, 5.74) is -0.552. The first-order chi connectivity index (χ1) is 14.6. The summed E-state index contributed by atoms with van der Waals surface area (Å²) in [6.07, 6.45) is -2.44. The molecule has 8 heteroatoms. The highest BCUT2D eigenvalue weighted by Gasteiger charge is 2.42. The molecule has 1 N–H and O–H groups in total. The van der Waals surface area contributed by atoms with Crippen LogP contribution >= 0.6 is 0 Å². The topological polar surface area (TPSA) is 65.0 Å². The molecule has 0 saturated heterocycles. The van der Waals surface area contributed by atoms with E-state index in [2.05, 4.69) is 0 Å². The van der Waals surface area contributed by atoms with Gasteiger partial charge in [-0.1, -0.05) is 13.0 Å². The smallest absolute Gasteiger partial charge is 0.416 e. The van der Waals surface area contributed by atoms with Crippen LogP contribution in [-0.4, -0.2) is 29.9 Å². The van der Waals surface area contributed by atoms with Crippen molar-refractivity contribution in [2.45, 2.75) is 51.3 Å². The molecule has 0 amide bonds. The highest BCUT2D eigenvalue weighted by Crippen LogP contribution is 2.37. The number of rotatable bonds is 8. The Bertz CT molecular complexity index is 941. The predicted octanol–water partition coefficient (Wildman–Crippen LogP) is 5.42. The Morgan fingerprint density at radius 3 is 2.55 bits per heavy atom. The van der Waals surface area contributed by atoms with E-state index in [-0.39, 0.29) is 6.61 Å². The lowest BCUT2D eigenvalue weighted by Gasteiger charge is -2.34. The summed E-state index contributed by atoms with van der Waals surface area (Å²) in [5, 5.41) is 9.53. The molecular weight excluding hydrogens is 413 g/mol. The minimum atomic E-state index is -4.38. The summed E-state index contributed by atoms with van der Waals surface area (Å²) in [7, 11) is 0. The Kier molecular flexibility index (Phi) is 6.67. The van der Waals surface area contributed by atoms with Crippen molar-refractivity contribution >= 4 is 5.97 Å². The van der Waals surface area contributed by atoms with Crippen LogP contribution in [0.4, 0.5) is 13.2 Å². The molecule has 5 nitrogen and oxygen atoms in total. The molecule has 2 aromatic rings. The fourth-order valence-electron chi connectivity index (χ4n) is 3.49. The first-order valence-electron chi connectivity index (χ1n) is 10.1. The number of benzene rings is 2. The van der Waals surface area contributed by atoms with Crippen molar-refractivity contribution in [2.24, 2.45) is 0 Å². The van der Waals surface area contributed by atoms with Gasteiger partial charge in [0.25, 0.3) is 0 Å². The fourth-order valence-corrected chi connectivity index (χ4v) is 3.49. The van der Waals surface area contributed by atoms with E-state index in [4.69, 9.17) is 14.2 Å². The van der Waals surface area contributed by atoms with Gasteiger partial charge in [-0.2, -0.15) is 13.2 Å². The summed E-state index contributed by atoms with van der Waals surface area (Å²) in [5.74, 6) is 0.508. The van der Waals surface area contributed by atoms with Crippen LogP contribution in [0.3, 0.4) is 0 Å². The number of aliphatic carboxylic acids is 1. The van der Waals surface area contributed by atoms with Crippen LogP contribution in [0.2, 0.25) is 0 Å². The molecule has 1 atom stereocenters. The van der Waals surface area contributed by atoms with Crippen molar-refractivity contribution < 1.29 is 37.3 Å². The molecule has 1 aliphatic heterocycles. The zero-order valence-electron chi connectivity index (χ0n) is 17.4. The Hall–Kier alpha value is -2.90. The Balaban J connectivity index is 1.51. The number of hydrogen-bond donors (Lipinski definition) is 1. The number of ether oxygens (including phenoxy) is 3. The zero-order valence-corrected chi connectivity index (χ0v) is 17.4. The Labute approximate surface area is 178 Å². The first kappa shape index (κ1) is 22.8. The van der Waals surface area contributed by atoms with Crippen LogP contribution in [0.5, 0.6) is 17.2 Å². The highest BCUT2D eigenvalue weighted by atomic mass is 19.4. The third kappa shape index (κ3) is 5.24. The molecule has 31 heavy (non-hydrogen) atoms. The number of aryl methyl sites for hydroxylation is 2. The minimum absolute atomic E-state index is 0.283. The van der Waals surface area contributed by atoms with E-state index in [0.717, 1.165) is 17.7 Å². The molecule has 168 valence electrons. The van der Waals surface area contributed by atoms with Gasteiger partial charge in [0, 0.05) is 18.9 Å². The number of carboxylic acids is 1. The van der Waals surface area contributed by atoms with E-state index >= 15 is 0 Å². The van der Waals surface area contributed by atoms with Crippen molar-refractivity contribution in [3.8, 4) is 17.2 Å². The minimum Gasteiger partial charge on any atom is -0.493 e. The van der Waals surface area contributed by atoms with Gasteiger partial charge in [-0.05, 0) is 55.2 Å². The number of hydrogen-bond acceptors (Lipinski definition) is 4. The second-order valence-corrected chi connectivity index (χ2v) is 7.55. The molecule has 0 saturated carbocycles. The number of alkyl halides is 3. The first-order valence-corrected chi connectivity index (χ1v) is 10.1. The van der Waals surface area contributed by atoms with Crippen molar-refractivity contribution in [1.29, 1.82) is 0 Å². The third-order valence-corrected chi connectivity index (χ3v) is 5.42. The Morgan fingerprint density at radius 1 is 1.16 bits per heavy atom. The standard InChI is InChI=1S/C23H25F3O5/c1-3-22(21(27)28)10-9-16-5-7-18(14-20(16)31-22)29-11-4-12-30-19-8-6-17(13-15(19)2)23(24,25)26/h5-8,13-14H,3-4,9-12H2,1-2H3,(H,27,28)/t22-/m1/s1. The molecule has 3 rings (SSSR count). The maximum absolute atomic E-state index is 12.7. The van der Waals surface area contributed by atoms with Gasteiger partial charge in [0.1, 0.15) is 17.2 Å². The average Bonchev–Trinajstić information content (AvgIpc) is 2.73. The molecule has 1 heterocycles. The molecule has 2 aromatic carbocycles. The highest BCUT2D eigenvalue weighted by molar-refractivity contribution is 5.78. The summed E-state index contributed by atoms with van der Waals surface area (Å²) < 4.78 is 55.3. The molecule has 0 spiro atoms. The van der Waals surface area contributed by atoms with Crippen LogP contribution in [0, 0.1) is 6.92 Å². The molecule has 0 radical (unpaired) electrons. The number of carbonyl (C=O) groups is 1. The van der Waals surface area contributed by atoms with Gasteiger partial charge < -0.3 is 19.3 Å². The lowest BCUT2D eigenvalue weighted by molar-refractivity contribution is -0.157. The normalized spacial score (nSPS) is 18.1. The monoisotopic (exact) mass is 438 g/mol. The van der Waals surface area contributed by atoms with Gasteiger partial charge in [0.2, 0.25) is 5.60 Å².